The molecule has 0 aromatic carbocycles. The van der Waals surface area contributed by atoms with E-state index >= 15 is 0 Å². The zero-order valence-electron chi connectivity index (χ0n) is 12.1. The molecule has 2 saturated carbocycles. The SMILES string of the molecule is O=C(O)C1CCCCC1C(=O)N1CCCC2CCCC21. The monoisotopic (exact) mass is 279 g/mol. The summed E-state index contributed by atoms with van der Waals surface area (Å²) in [4.78, 5) is 26.3. The van der Waals surface area contributed by atoms with Crippen molar-refractivity contribution in [2.45, 2.75) is 63.8 Å². The molecule has 112 valence electrons. The molecular weight excluding hydrogens is 254 g/mol. The minimum Gasteiger partial charge on any atom is -0.481 e. The van der Waals surface area contributed by atoms with Crippen LogP contribution in [0.15, 0.2) is 0 Å². The second-order valence-electron chi connectivity index (χ2n) is 6.77. The minimum absolute atomic E-state index is 0.147. The first-order chi connectivity index (χ1) is 9.68. The Bertz CT molecular complexity index is 395. The van der Waals surface area contributed by atoms with Crippen LogP contribution in [0, 0.1) is 17.8 Å². The predicted octanol–water partition coefficient (Wildman–Crippen LogP) is 2.67. The summed E-state index contributed by atoms with van der Waals surface area (Å²) < 4.78 is 0. The number of piperidine rings is 1. The van der Waals surface area contributed by atoms with E-state index in [1.165, 1.54) is 19.3 Å². The maximum absolute atomic E-state index is 12.9. The van der Waals surface area contributed by atoms with Crippen LogP contribution in [0.4, 0.5) is 0 Å². The molecule has 1 amide bonds. The molecule has 0 aromatic rings. The number of aliphatic carboxylic acids is 1. The standard InChI is InChI=1S/C16H25NO3/c18-15(12-7-1-2-8-13(12)16(19)20)17-10-4-6-11-5-3-9-14(11)17/h11-14H,1-10H2,(H,19,20). The normalized spacial score (nSPS) is 37.5. The van der Waals surface area contributed by atoms with Crippen molar-refractivity contribution < 1.29 is 14.7 Å². The maximum atomic E-state index is 12.9. The van der Waals surface area contributed by atoms with E-state index in [1.54, 1.807) is 0 Å². The first-order valence-corrected chi connectivity index (χ1v) is 8.22. The maximum Gasteiger partial charge on any atom is 0.307 e. The summed E-state index contributed by atoms with van der Waals surface area (Å²) in [5.41, 5.74) is 0. The van der Waals surface area contributed by atoms with E-state index in [1.807, 2.05) is 0 Å². The average molecular weight is 279 g/mol. The van der Waals surface area contributed by atoms with Crippen molar-refractivity contribution >= 4 is 11.9 Å². The van der Waals surface area contributed by atoms with Crippen molar-refractivity contribution in [2.24, 2.45) is 17.8 Å². The lowest BCUT2D eigenvalue weighted by Crippen LogP contribution is -2.51. The molecular formula is C16H25NO3. The minimum atomic E-state index is -0.775. The Hall–Kier alpha value is -1.06. The smallest absolute Gasteiger partial charge is 0.307 e. The lowest BCUT2D eigenvalue weighted by Gasteiger charge is -2.41. The number of hydrogen-bond donors (Lipinski definition) is 1. The third-order valence-electron chi connectivity index (χ3n) is 5.68. The van der Waals surface area contributed by atoms with Gasteiger partial charge in [0.25, 0.3) is 0 Å². The van der Waals surface area contributed by atoms with E-state index in [-0.39, 0.29) is 11.8 Å². The Labute approximate surface area is 120 Å². The highest BCUT2D eigenvalue weighted by molar-refractivity contribution is 5.85. The zero-order valence-corrected chi connectivity index (χ0v) is 12.1. The van der Waals surface area contributed by atoms with Gasteiger partial charge in [0.15, 0.2) is 0 Å². The van der Waals surface area contributed by atoms with Crippen molar-refractivity contribution in [3.8, 4) is 0 Å². The molecule has 0 spiro atoms. The Balaban J connectivity index is 1.74. The second kappa shape index (κ2) is 5.74. The fourth-order valence-electron chi connectivity index (χ4n) is 4.66. The first-order valence-electron chi connectivity index (χ1n) is 8.22. The Morgan fingerprint density at radius 1 is 0.850 bits per heavy atom. The van der Waals surface area contributed by atoms with E-state index in [9.17, 15) is 14.7 Å². The van der Waals surface area contributed by atoms with E-state index in [0.29, 0.717) is 18.4 Å². The predicted molar refractivity (Wildman–Crippen MR) is 75.2 cm³/mol. The number of rotatable bonds is 2. The molecule has 1 aliphatic heterocycles. The van der Waals surface area contributed by atoms with E-state index in [4.69, 9.17) is 0 Å². The van der Waals surface area contributed by atoms with Crippen molar-refractivity contribution in [1.29, 1.82) is 0 Å². The summed E-state index contributed by atoms with van der Waals surface area (Å²) in [5, 5.41) is 9.37. The van der Waals surface area contributed by atoms with Gasteiger partial charge in [0.05, 0.1) is 11.8 Å². The first kappa shape index (κ1) is 13.9. The highest BCUT2D eigenvalue weighted by Gasteiger charge is 2.43. The van der Waals surface area contributed by atoms with Crippen LogP contribution in [0.5, 0.6) is 0 Å². The molecule has 4 unspecified atom stereocenters. The van der Waals surface area contributed by atoms with Crippen molar-refractivity contribution in [3.05, 3.63) is 0 Å². The van der Waals surface area contributed by atoms with Crippen LogP contribution in [0.2, 0.25) is 0 Å². The third-order valence-corrected chi connectivity index (χ3v) is 5.68. The van der Waals surface area contributed by atoms with Gasteiger partial charge in [0.1, 0.15) is 0 Å². The molecule has 4 heteroatoms. The summed E-state index contributed by atoms with van der Waals surface area (Å²) >= 11 is 0. The van der Waals surface area contributed by atoms with Gasteiger partial charge in [-0.3, -0.25) is 9.59 Å². The number of carbonyl (C=O) groups excluding carboxylic acids is 1. The molecule has 20 heavy (non-hydrogen) atoms. The lowest BCUT2D eigenvalue weighted by molar-refractivity contribution is -0.154. The number of carboxylic acid groups (broad SMARTS) is 1. The van der Waals surface area contributed by atoms with Crippen LogP contribution >= 0.6 is 0 Å². The number of carbonyl (C=O) groups is 2. The molecule has 4 atom stereocenters. The van der Waals surface area contributed by atoms with Crippen LogP contribution in [0.1, 0.15) is 57.8 Å². The molecule has 0 bridgehead atoms. The molecule has 3 rings (SSSR count). The molecule has 0 aromatic heterocycles. The highest BCUT2D eigenvalue weighted by Crippen LogP contribution is 2.39. The molecule has 4 nitrogen and oxygen atoms in total. The molecule has 2 aliphatic carbocycles. The highest BCUT2D eigenvalue weighted by atomic mass is 16.4. The van der Waals surface area contributed by atoms with Crippen molar-refractivity contribution in [3.63, 3.8) is 0 Å². The van der Waals surface area contributed by atoms with E-state index in [2.05, 4.69) is 4.90 Å². The largest absolute Gasteiger partial charge is 0.481 e. The summed E-state index contributed by atoms with van der Waals surface area (Å²) in [6.45, 7) is 0.850. The van der Waals surface area contributed by atoms with Crippen LogP contribution in [0.25, 0.3) is 0 Å². The van der Waals surface area contributed by atoms with E-state index < -0.39 is 11.9 Å². The summed E-state index contributed by atoms with van der Waals surface area (Å²) in [5.74, 6) is -0.657. The van der Waals surface area contributed by atoms with Crippen LogP contribution in [-0.2, 0) is 9.59 Å². The Morgan fingerprint density at radius 3 is 2.30 bits per heavy atom. The zero-order chi connectivity index (χ0) is 14.1. The third kappa shape index (κ3) is 2.45. The fourth-order valence-corrected chi connectivity index (χ4v) is 4.66. The van der Waals surface area contributed by atoms with Gasteiger partial charge in [0, 0.05) is 12.6 Å². The van der Waals surface area contributed by atoms with Gasteiger partial charge in [-0.15, -0.1) is 0 Å². The Kier molecular flexibility index (Phi) is 3.99. The van der Waals surface area contributed by atoms with Gasteiger partial charge < -0.3 is 10.0 Å². The van der Waals surface area contributed by atoms with Gasteiger partial charge in [-0.05, 0) is 44.4 Å². The van der Waals surface area contributed by atoms with Crippen LogP contribution in [0.3, 0.4) is 0 Å². The molecule has 1 N–H and O–H groups in total. The van der Waals surface area contributed by atoms with Gasteiger partial charge in [-0.2, -0.15) is 0 Å². The van der Waals surface area contributed by atoms with Gasteiger partial charge in [-0.1, -0.05) is 19.3 Å². The fraction of sp³-hybridized carbons (Fsp3) is 0.875. The number of amides is 1. The lowest BCUT2D eigenvalue weighted by atomic mass is 9.77. The van der Waals surface area contributed by atoms with E-state index in [0.717, 1.165) is 38.6 Å². The van der Waals surface area contributed by atoms with Crippen LogP contribution < -0.4 is 0 Å². The topological polar surface area (TPSA) is 57.6 Å². The molecule has 1 heterocycles. The molecule has 3 fully saturated rings. The van der Waals surface area contributed by atoms with Crippen LogP contribution in [-0.4, -0.2) is 34.5 Å². The number of hydrogen-bond acceptors (Lipinski definition) is 2. The number of carboxylic acids is 1. The van der Waals surface area contributed by atoms with Gasteiger partial charge >= 0.3 is 5.97 Å². The summed E-state index contributed by atoms with van der Waals surface area (Å²) in [7, 11) is 0. The van der Waals surface area contributed by atoms with Gasteiger partial charge in [-0.25, -0.2) is 0 Å². The quantitative estimate of drug-likeness (QED) is 0.845. The number of fused-ring (bicyclic) bond motifs is 1. The van der Waals surface area contributed by atoms with Crippen molar-refractivity contribution in [2.75, 3.05) is 6.54 Å². The summed E-state index contributed by atoms with van der Waals surface area (Å²) in [6, 6.07) is 0.410. The molecule has 0 radical (unpaired) electrons. The molecule has 3 aliphatic rings. The molecule has 1 saturated heterocycles. The van der Waals surface area contributed by atoms with Crippen molar-refractivity contribution in [1.82, 2.24) is 4.90 Å². The number of likely N-dealkylation sites (tertiary alicyclic amines) is 1. The van der Waals surface area contributed by atoms with Gasteiger partial charge in [0.2, 0.25) is 5.91 Å². The summed E-state index contributed by atoms with van der Waals surface area (Å²) in [6.07, 6.45) is 9.35. The Morgan fingerprint density at radius 2 is 1.55 bits per heavy atom. The average Bonchev–Trinajstić information content (AvgIpc) is 2.94. The second-order valence-corrected chi connectivity index (χ2v) is 6.77. The number of nitrogens with zero attached hydrogens (tertiary/aromatic N) is 1.